The first-order chi connectivity index (χ1) is 19.5. The lowest BCUT2D eigenvalue weighted by molar-refractivity contribution is -0.245. The molecule has 4 unspecified atom stereocenters. The fourth-order valence-electron chi connectivity index (χ4n) is 9.70. The second kappa shape index (κ2) is 10.3. The number of aliphatic hydroxyl groups excluding tert-OH is 1. The van der Waals surface area contributed by atoms with Gasteiger partial charge in [-0.2, -0.15) is 0 Å². The minimum Gasteiger partial charge on any atom is -0.458 e. The average Bonchev–Trinajstić information content (AvgIpc) is 3.59. The molecule has 3 amide bonds. The van der Waals surface area contributed by atoms with Gasteiger partial charge in [-0.05, 0) is 86.0 Å². The summed E-state index contributed by atoms with van der Waals surface area (Å²) in [5.74, 6) is -0.743. The van der Waals surface area contributed by atoms with Crippen molar-refractivity contribution in [3.05, 3.63) is 23.8 Å². The van der Waals surface area contributed by atoms with Crippen LogP contribution >= 0.6 is 0 Å². The van der Waals surface area contributed by atoms with E-state index in [2.05, 4.69) is 12.2 Å². The summed E-state index contributed by atoms with van der Waals surface area (Å²) in [7, 11) is 0. The van der Waals surface area contributed by atoms with Gasteiger partial charge in [0, 0.05) is 36.7 Å². The van der Waals surface area contributed by atoms with Crippen molar-refractivity contribution >= 4 is 23.7 Å². The Balaban J connectivity index is 1.06. The predicted molar refractivity (Wildman–Crippen MR) is 146 cm³/mol. The molecule has 2 aliphatic heterocycles. The van der Waals surface area contributed by atoms with Crippen LogP contribution in [-0.2, 0) is 28.7 Å². The summed E-state index contributed by atoms with van der Waals surface area (Å²) in [6.07, 6.45) is 9.73. The highest BCUT2D eigenvalue weighted by atomic mass is 16.5. The van der Waals surface area contributed by atoms with Gasteiger partial charge in [0.15, 0.2) is 0 Å². The van der Waals surface area contributed by atoms with E-state index < -0.39 is 17.1 Å². The number of hydrogen-bond donors (Lipinski definition) is 3. The molecule has 0 spiro atoms. The second-order valence-electron chi connectivity index (χ2n) is 13.6. The zero-order valence-electron chi connectivity index (χ0n) is 24.0. The fourth-order valence-corrected chi connectivity index (χ4v) is 9.70. The summed E-state index contributed by atoms with van der Waals surface area (Å²) < 4.78 is 11.2. The third kappa shape index (κ3) is 4.48. The smallest absolute Gasteiger partial charge is 0.331 e. The molecule has 224 valence electrons. The highest BCUT2D eigenvalue weighted by Crippen LogP contribution is 2.70. The van der Waals surface area contributed by atoms with E-state index in [1.807, 2.05) is 6.92 Å². The molecule has 0 aromatic heterocycles. The van der Waals surface area contributed by atoms with Crippen molar-refractivity contribution in [2.75, 3.05) is 26.3 Å². The first-order valence-corrected chi connectivity index (χ1v) is 15.2. The van der Waals surface area contributed by atoms with Gasteiger partial charge >= 0.3 is 5.97 Å². The summed E-state index contributed by atoms with van der Waals surface area (Å²) >= 11 is 0. The Morgan fingerprint density at radius 2 is 1.83 bits per heavy atom. The van der Waals surface area contributed by atoms with Gasteiger partial charge in [0.25, 0.3) is 11.8 Å². The van der Waals surface area contributed by atoms with E-state index in [0.717, 1.165) is 49.0 Å². The van der Waals surface area contributed by atoms with E-state index in [1.54, 1.807) is 6.08 Å². The van der Waals surface area contributed by atoms with E-state index >= 15 is 0 Å². The molecule has 10 nitrogen and oxygen atoms in total. The number of carbonyl (C=O) groups is 4. The summed E-state index contributed by atoms with van der Waals surface area (Å²) in [4.78, 5) is 48.6. The standard InChI is InChI=1S/C31H42N2O8/c1-29-9-7-20(40-17-25(35)32-11-12-33-26(36)5-6-27(33)37)14-19(29)3-4-22-23(29)15-24(34)30(2)21(8-10-31(22,30)39)18-13-28(38)41-16-18/h5-6,13,19-24,34,39H,3-4,7-12,14-17H2,1-2H3,(H,32,35)/t19-,20+,21-,22?,23?,24?,29+,30+,31?/m1/s1. The van der Waals surface area contributed by atoms with Crippen LogP contribution in [0.5, 0.6) is 0 Å². The van der Waals surface area contributed by atoms with Crippen LogP contribution in [0.25, 0.3) is 0 Å². The number of carbonyl (C=O) groups excluding carboxylic acids is 4. The normalized spacial score (nSPS) is 43.4. The van der Waals surface area contributed by atoms with Crippen LogP contribution in [0.1, 0.15) is 65.2 Å². The van der Waals surface area contributed by atoms with Gasteiger partial charge in [-0.3, -0.25) is 19.3 Å². The Morgan fingerprint density at radius 3 is 2.54 bits per heavy atom. The molecule has 6 aliphatic rings. The SMILES string of the molecule is C[C@]12CC[C@H](OCC(=O)NCCN3C(=O)C=CC3=O)C[C@H]1CCC1C2CC(O)[C@]2(C)[C@@H](C3=CC(=O)OC3)CCC12O. The van der Waals surface area contributed by atoms with Crippen LogP contribution in [0.2, 0.25) is 0 Å². The molecular weight excluding hydrogens is 528 g/mol. The van der Waals surface area contributed by atoms with Gasteiger partial charge in [-0.15, -0.1) is 0 Å². The lowest BCUT2D eigenvalue weighted by Crippen LogP contribution is -2.67. The molecule has 6 rings (SSSR count). The van der Waals surface area contributed by atoms with Crippen molar-refractivity contribution in [3.8, 4) is 0 Å². The number of aliphatic hydroxyl groups is 2. The summed E-state index contributed by atoms with van der Waals surface area (Å²) in [6.45, 7) is 4.85. The molecule has 0 radical (unpaired) electrons. The molecule has 3 N–H and O–H groups in total. The van der Waals surface area contributed by atoms with Gasteiger partial charge in [0.05, 0.1) is 17.8 Å². The van der Waals surface area contributed by atoms with E-state index in [9.17, 15) is 29.4 Å². The second-order valence-corrected chi connectivity index (χ2v) is 13.6. The Bertz CT molecular complexity index is 1180. The van der Waals surface area contributed by atoms with E-state index in [1.165, 1.54) is 12.2 Å². The van der Waals surface area contributed by atoms with Crippen LogP contribution in [-0.4, -0.2) is 82.9 Å². The first kappa shape index (κ1) is 28.6. The molecule has 10 heteroatoms. The quantitative estimate of drug-likeness (QED) is 0.310. The number of rotatable bonds is 7. The summed E-state index contributed by atoms with van der Waals surface area (Å²) in [5, 5.41) is 26.8. The van der Waals surface area contributed by atoms with Crippen LogP contribution in [0, 0.1) is 34.5 Å². The third-order valence-electron chi connectivity index (χ3n) is 12.0. The molecule has 9 atom stereocenters. The molecular formula is C31H42N2O8. The maximum Gasteiger partial charge on any atom is 0.331 e. The Kier molecular flexibility index (Phi) is 7.18. The van der Waals surface area contributed by atoms with E-state index in [-0.39, 0.29) is 79.3 Å². The molecule has 2 heterocycles. The third-order valence-corrected chi connectivity index (χ3v) is 12.0. The Labute approximate surface area is 240 Å². The first-order valence-electron chi connectivity index (χ1n) is 15.2. The molecule has 0 aromatic rings. The Morgan fingerprint density at radius 1 is 1.07 bits per heavy atom. The van der Waals surface area contributed by atoms with E-state index in [0.29, 0.717) is 18.8 Å². The van der Waals surface area contributed by atoms with Gasteiger partial charge < -0.3 is 25.0 Å². The number of nitrogens with one attached hydrogen (secondary N) is 1. The number of nitrogens with zero attached hydrogens (tertiary/aromatic N) is 1. The molecule has 4 aliphatic carbocycles. The Hall–Kier alpha value is -2.56. The average molecular weight is 571 g/mol. The number of amides is 3. The molecule has 4 fully saturated rings. The largest absolute Gasteiger partial charge is 0.458 e. The van der Waals surface area contributed by atoms with Crippen molar-refractivity contribution in [2.24, 2.45) is 34.5 Å². The highest BCUT2D eigenvalue weighted by molar-refractivity contribution is 6.12. The minimum absolute atomic E-state index is 0.0320. The van der Waals surface area contributed by atoms with Crippen molar-refractivity contribution < 1.29 is 38.9 Å². The number of hydrogen-bond acceptors (Lipinski definition) is 8. The lowest BCUT2D eigenvalue weighted by Gasteiger charge is -2.65. The van der Waals surface area contributed by atoms with Gasteiger partial charge in [-0.25, -0.2) is 4.79 Å². The lowest BCUT2D eigenvalue weighted by atomic mass is 9.42. The van der Waals surface area contributed by atoms with Gasteiger partial charge in [0.1, 0.15) is 13.2 Å². The number of esters is 1. The van der Waals surface area contributed by atoms with Crippen LogP contribution < -0.4 is 5.32 Å². The maximum atomic E-state index is 12.4. The monoisotopic (exact) mass is 570 g/mol. The van der Waals surface area contributed by atoms with Crippen LogP contribution in [0.3, 0.4) is 0 Å². The number of ether oxygens (including phenoxy) is 2. The number of cyclic esters (lactones) is 1. The van der Waals surface area contributed by atoms with Crippen molar-refractivity contribution in [1.29, 1.82) is 0 Å². The number of fused-ring (bicyclic) bond motifs is 5. The molecule has 0 saturated heterocycles. The molecule has 41 heavy (non-hydrogen) atoms. The summed E-state index contributed by atoms with van der Waals surface area (Å²) in [5.41, 5.74) is -0.832. The van der Waals surface area contributed by atoms with Gasteiger partial charge in [0.2, 0.25) is 5.91 Å². The zero-order valence-corrected chi connectivity index (χ0v) is 24.0. The molecule has 0 bridgehead atoms. The molecule has 0 aromatic carbocycles. The predicted octanol–water partition coefficient (Wildman–Crippen LogP) is 1.64. The van der Waals surface area contributed by atoms with Crippen LogP contribution in [0.4, 0.5) is 0 Å². The van der Waals surface area contributed by atoms with E-state index in [4.69, 9.17) is 9.47 Å². The van der Waals surface area contributed by atoms with Crippen molar-refractivity contribution in [1.82, 2.24) is 10.2 Å². The molecule has 4 saturated carbocycles. The highest BCUT2D eigenvalue weighted by Gasteiger charge is 2.70. The minimum atomic E-state index is -0.994. The van der Waals surface area contributed by atoms with Crippen LogP contribution in [0.15, 0.2) is 23.8 Å². The van der Waals surface area contributed by atoms with Crippen molar-refractivity contribution in [3.63, 3.8) is 0 Å². The summed E-state index contributed by atoms with van der Waals surface area (Å²) in [6, 6.07) is 0. The van der Waals surface area contributed by atoms with Gasteiger partial charge in [-0.1, -0.05) is 13.8 Å². The maximum absolute atomic E-state index is 12.4. The number of imide groups is 1. The van der Waals surface area contributed by atoms with Crippen molar-refractivity contribution in [2.45, 2.75) is 83.0 Å². The topological polar surface area (TPSA) is 142 Å². The fraction of sp³-hybridized carbons (Fsp3) is 0.742. The zero-order chi connectivity index (χ0) is 29.2.